The maximum Gasteiger partial charge on any atom is 0.338 e. The number of carbonyl (C=O) groups excluding carboxylic acids is 2. The van der Waals surface area contributed by atoms with Gasteiger partial charge in [-0.15, -0.1) is 0 Å². The number of hydrogen-bond acceptors (Lipinski definition) is 7. The first-order valence-electron chi connectivity index (χ1n) is 9.57. The van der Waals surface area contributed by atoms with Gasteiger partial charge in [-0.25, -0.2) is 4.79 Å². The topological polar surface area (TPSA) is 117 Å². The van der Waals surface area contributed by atoms with E-state index in [1.807, 2.05) is 6.92 Å². The van der Waals surface area contributed by atoms with Crippen molar-refractivity contribution in [1.29, 1.82) is 0 Å². The number of amides is 1. The van der Waals surface area contributed by atoms with Gasteiger partial charge in [0.05, 0.1) is 28.7 Å². The fourth-order valence-corrected chi connectivity index (χ4v) is 2.86. The van der Waals surface area contributed by atoms with Crippen molar-refractivity contribution in [3.63, 3.8) is 0 Å². The summed E-state index contributed by atoms with van der Waals surface area (Å²) in [6, 6.07) is 6.85. The number of non-ortho nitro benzene ring substituents is 1. The lowest BCUT2D eigenvalue weighted by Crippen LogP contribution is -2.21. The second kappa shape index (κ2) is 11.2. The average Bonchev–Trinajstić information content (AvgIpc) is 2.72. The smallest absolute Gasteiger partial charge is 0.338 e. The highest BCUT2D eigenvalue weighted by Crippen LogP contribution is 2.37. The van der Waals surface area contributed by atoms with Gasteiger partial charge in [0, 0.05) is 17.8 Å². The van der Waals surface area contributed by atoms with Gasteiger partial charge in [-0.3, -0.25) is 14.9 Å². The number of ether oxygens (including phenoxy) is 3. The zero-order valence-corrected chi connectivity index (χ0v) is 18.2. The van der Waals surface area contributed by atoms with Crippen molar-refractivity contribution >= 4 is 34.9 Å². The third-order valence-electron chi connectivity index (χ3n) is 4.02. The zero-order valence-electron chi connectivity index (χ0n) is 17.4. The molecular weight excluding hydrogens is 428 g/mol. The fourth-order valence-electron chi connectivity index (χ4n) is 2.60. The second-order valence-electron chi connectivity index (χ2n) is 6.45. The van der Waals surface area contributed by atoms with Gasteiger partial charge in [-0.2, -0.15) is 0 Å². The summed E-state index contributed by atoms with van der Waals surface area (Å²) < 4.78 is 16.2. The molecule has 2 aromatic carbocycles. The molecule has 0 aliphatic heterocycles. The van der Waals surface area contributed by atoms with Gasteiger partial charge in [0.25, 0.3) is 11.6 Å². The van der Waals surface area contributed by atoms with Crippen LogP contribution in [0.3, 0.4) is 0 Å². The second-order valence-corrected chi connectivity index (χ2v) is 6.85. The molecule has 31 heavy (non-hydrogen) atoms. The summed E-state index contributed by atoms with van der Waals surface area (Å²) in [5.41, 5.74) is 0.905. The summed E-state index contributed by atoms with van der Waals surface area (Å²) in [5, 5.41) is 13.5. The molecule has 1 amide bonds. The van der Waals surface area contributed by atoms with E-state index in [9.17, 15) is 19.7 Å². The number of nitro groups is 1. The Morgan fingerprint density at radius 2 is 1.90 bits per heavy atom. The van der Waals surface area contributed by atoms with Crippen molar-refractivity contribution in [3.05, 3.63) is 56.6 Å². The van der Waals surface area contributed by atoms with E-state index in [0.29, 0.717) is 36.0 Å². The third-order valence-corrected chi connectivity index (χ3v) is 4.31. The molecule has 0 heterocycles. The summed E-state index contributed by atoms with van der Waals surface area (Å²) in [5.74, 6) is -0.709. The molecule has 0 aliphatic carbocycles. The number of hydrogen-bond donors (Lipinski definition) is 1. The standard InChI is InChI=1S/C21H23ClN2O7/c1-4-8-30-20-16(22)10-14(11-18(20)29-5-2)21(26)31-12-19(25)23-17-7-6-15(24(27)28)9-13(17)3/h6-7,9-11H,4-5,8,12H2,1-3H3,(H,23,25). The Hall–Kier alpha value is -3.33. The summed E-state index contributed by atoms with van der Waals surface area (Å²) in [6.45, 7) is 5.58. The van der Waals surface area contributed by atoms with Crippen LogP contribution in [-0.4, -0.2) is 36.6 Å². The van der Waals surface area contributed by atoms with E-state index >= 15 is 0 Å². The van der Waals surface area contributed by atoms with Crippen molar-refractivity contribution in [3.8, 4) is 11.5 Å². The molecule has 0 unspecified atom stereocenters. The summed E-state index contributed by atoms with van der Waals surface area (Å²) in [6.07, 6.45) is 0.773. The van der Waals surface area contributed by atoms with Crippen molar-refractivity contribution < 1.29 is 28.7 Å². The van der Waals surface area contributed by atoms with Gasteiger partial charge in [0.1, 0.15) is 0 Å². The number of benzene rings is 2. The van der Waals surface area contributed by atoms with Crippen LogP contribution in [0.2, 0.25) is 5.02 Å². The lowest BCUT2D eigenvalue weighted by Gasteiger charge is -2.14. The number of rotatable bonds is 10. The van der Waals surface area contributed by atoms with Crippen LogP contribution in [0, 0.1) is 17.0 Å². The Balaban J connectivity index is 2.04. The minimum absolute atomic E-state index is 0.0877. The van der Waals surface area contributed by atoms with E-state index in [1.165, 1.54) is 30.3 Å². The number of nitro benzene ring substituents is 1. The minimum Gasteiger partial charge on any atom is -0.490 e. The Labute approximate surface area is 184 Å². The van der Waals surface area contributed by atoms with Crippen molar-refractivity contribution in [2.45, 2.75) is 27.2 Å². The van der Waals surface area contributed by atoms with E-state index in [-0.39, 0.29) is 16.3 Å². The molecule has 10 heteroatoms. The van der Waals surface area contributed by atoms with Gasteiger partial charge in [0.15, 0.2) is 18.1 Å². The molecule has 0 aliphatic rings. The Kier molecular flexibility index (Phi) is 8.63. The number of nitrogens with one attached hydrogen (secondary N) is 1. The van der Waals surface area contributed by atoms with Crippen LogP contribution in [0.1, 0.15) is 36.2 Å². The summed E-state index contributed by atoms with van der Waals surface area (Å²) >= 11 is 6.23. The maximum absolute atomic E-state index is 12.4. The SMILES string of the molecule is CCCOc1c(Cl)cc(C(=O)OCC(=O)Nc2ccc([N+](=O)[O-])cc2C)cc1OCC. The van der Waals surface area contributed by atoms with Crippen LogP contribution >= 0.6 is 11.6 Å². The summed E-state index contributed by atoms with van der Waals surface area (Å²) in [7, 11) is 0. The van der Waals surface area contributed by atoms with Crippen LogP contribution < -0.4 is 14.8 Å². The van der Waals surface area contributed by atoms with E-state index in [1.54, 1.807) is 13.8 Å². The van der Waals surface area contributed by atoms with Crippen LogP contribution in [-0.2, 0) is 9.53 Å². The lowest BCUT2D eigenvalue weighted by atomic mass is 10.2. The van der Waals surface area contributed by atoms with Gasteiger partial charge in [0.2, 0.25) is 0 Å². The molecule has 0 aromatic heterocycles. The van der Waals surface area contributed by atoms with Crippen LogP contribution in [0.25, 0.3) is 0 Å². The van der Waals surface area contributed by atoms with Crippen molar-refractivity contribution in [1.82, 2.24) is 0 Å². The molecule has 1 N–H and O–H groups in total. The molecule has 0 bridgehead atoms. The number of carbonyl (C=O) groups is 2. The molecule has 0 saturated heterocycles. The van der Waals surface area contributed by atoms with Crippen molar-refractivity contribution in [2.75, 3.05) is 25.1 Å². The van der Waals surface area contributed by atoms with Gasteiger partial charge >= 0.3 is 5.97 Å². The highest BCUT2D eigenvalue weighted by Gasteiger charge is 2.18. The Bertz CT molecular complexity index is 978. The predicted molar refractivity (Wildman–Crippen MR) is 115 cm³/mol. The number of aryl methyl sites for hydroxylation is 1. The normalized spacial score (nSPS) is 10.3. The Morgan fingerprint density at radius 1 is 1.16 bits per heavy atom. The van der Waals surface area contributed by atoms with Gasteiger partial charge < -0.3 is 19.5 Å². The monoisotopic (exact) mass is 450 g/mol. The molecule has 0 atom stereocenters. The zero-order chi connectivity index (χ0) is 23.0. The average molecular weight is 451 g/mol. The van der Waals surface area contributed by atoms with Crippen LogP contribution in [0.4, 0.5) is 11.4 Å². The highest BCUT2D eigenvalue weighted by molar-refractivity contribution is 6.32. The minimum atomic E-state index is -0.763. The van der Waals surface area contributed by atoms with Crippen LogP contribution in [0.15, 0.2) is 30.3 Å². The van der Waals surface area contributed by atoms with Crippen LogP contribution in [0.5, 0.6) is 11.5 Å². The first kappa shape index (κ1) is 23.9. The largest absolute Gasteiger partial charge is 0.490 e. The number of nitrogens with zero attached hydrogens (tertiary/aromatic N) is 1. The molecule has 0 fully saturated rings. The molecule has 0 saturated carbocycles. The molecule has 0 spiro atoms. The molecule has 0 radical (unpaired) electrons. The maximum atomic E-state index is 12.4. The quantitative estimate of drug-likeness (QED) is 0.320. The van der Waals surface area contributed by atoms with E-state index in [4.69, 9.17) is 25.8 Å². The van der Waals surface area contributed by atoms with E-state index < -0.39 is 23.4 Å². The van der Waals surface area contributed by atoms with E-state index in [2.05, 4.69) is 5.32 Å². The number of anilines is 1. The fraction of sp³-hybridized carbons (Fsp3) is 0.333. The number of esters is 1. The summed E-state index contributed by atoms with van der Waals surface area (Å²) in [4.78, 5) is 34.8. The molecule has 2 aromatic rings. The van der Waals surface area contributed by atoms with E-state index in [0.717, 1.165) is 6.42 Å². The lowest BCUT2D eigenvalue weighted by molar-refractivity contribution is -0.384. The van der Waals surface area contributed by atoms with Gasteiger partial charge in [-0.1, -0.05) is 18.5 Å². The van der Waals surface area contributed by atoms with Crippen molar-refractivity contribution in [2.24, 2.45) is 0 Å². The highest BCUT2D eigenvalue weighted by atomic mass is 35.5. The third kappa shape index (κ3) is 6.58. The predicted octanol–water partition coefficient (Wildman–Crippen LogP) is 4.54. The van der Waals surface area contributed by atoms with Gasteiger partial charge in [-0.05, 0) is 44.0 Å². The number of halogens is 1. The molecule has 9 nitrogen and oxygen atoms in total. The molecule has 2 rings (SSSR count). The first-order valence-corrected chi connectivity index (χ1v) is 9.95. The molecular formula is C21H23ClN2O7. The molecule has 166 valence electrons. The Morgan fingerprint density at radius 3 is 2.52 bits per heavy atom. The first-order chi connectivity index (χ1) is 14.8.